The van der Waals surface area contributed by atoms with Crippen LogP contribution in [-0.4, -0.2) is 0 Å². The van der Waals surface area contributed by atoms with E-state index in [4.69, 9.17) is 0 Å². The van der Waals surface area contributed by atoms with Gasteiger partial charge in [-0.05, 0) is 30.5 Å². The minimum Gasteiger partial charge on any atom is -0.142 e. The summed E-state index contributed by atoms with van der Waals surface area (Å²) in [6.45, 7) is 2.24. The molecule has 0 spiro atoms. The summed E-state index contributed by atoms with van der Waals surface area (Å²) in [5.41, 5.74) is 1.38. The average molecular weight is 226 g/mol. The van der Waals surface area contributed by atoms with E-state index in [9.17, 15) is 0 Å². The number of rotatable bonds is 5. The topological polar surface area (TPSA) is 0 Å². The molecule has 0 aliphatic heterocycles. The minimum absolute atomic E-state index is 0.964. The van der Waals surface area contributed by atoms with Crippen LogP contribution in [0, 0.1) is 0 Å². The molecule has 78 valence electrons. The molecule has 14 heavy (non-hydrogen) atoms. The van der Waals surface area contributed by atoms with Crippen LogP contribution in [0.5, 0.6) is 0 Å². The first-order chi connectivity index (χ1) is 6.74. The molecular weight excluding hydrogens is 208 g/mol. The van der Waals surface area contributed by atoms with Gasteiger partial charge in [0.25, 0.3) is 0 Å². The van der Waals surface area contributed by atoms with Crippen molar-refractivity contribution < 1.29 is 0 Å². The Morgan fingerprint density at radius 2 is 1.79 bits per heavy atom. The number of benzene rings is 1. The van der Waals surface area contributed by atoms with Crippen molar-refractivity contribution in [2.75, 3.05) is 0 Å². The molecule has 1 aromatic rings. The molecule has 1 rings (SSSR count). The summed E-state index contributed by atoms with van der Waals surface area (Å²) < 4.78 is 0. The maximum absolute atomic E-state index is 4.35. The second kappa shape index (κ2) is 6.41. The number of unbranched alkanes of at least 4 members (excludes halogenated alkanes) is 3. The predicted octanol–water partition coefficient (Wildman–Crippen LogP) is 4.39. The van der Waals surface area contributed by atoms with Gasteiger partial charge in [0.15, 0.2) is 0 Å². The fourth-order valence-corrected chi connectivity index (χ4v) is 1.86. The summed E-state index contributed by atoms with van der Waals surface area (Å²) in [7, 11) is 0. The molecule has 0 nitrogen and oxygen atoms in total. The van der Waals surface area contributed by atoms with Crippen molar-refractivity contribution in [1.29, 1.82) is 0 Å². The van der Waals surface area contributed by atoms with Crippen molar-refractivity contribution in [2.45, 2.75) is 48.8 Å². The van der Waals surface area contributed by atoms with E-state index in [0.717, 1.165) is 9.79 Å². The first-order valence-corrected chi connectivity index (χ1v) is 6.14. The Labute approximate surface area is 97.9 Å². The van der Waals surface area contributed by atoms with Crippen LogP contribution in [0.2, 0.25) is 0 Å². The van der Waals surface area contributed by atoms with Crippen LogP contribution in [-0.2, 0) is 6.42 Å². The van der Waals surface area contributed by atoms with Crippen molar-refractivity contribution in [3.63, 3.8) is 0 Å². The molecule has 0 heterocycles. The third-order valence-electron chi connectivity index (χ3n) is 2.36. The summed E-state index contributed by atoms with van der Waals surface area (Å²) in [6.07, 6.45) is 6.43. The molecule has 0 aromatic heterocycles. The molecule has 0 amide bonds. The van der Waals surface area contributed by atoms with Gasteiger partial charge in [-0.15, -0.1) is 25.3 Å². The van der Waals surface area contributed by atoms with E-state index in [1.807, 2.05) is 6.07 Å². The minimum atomic E-state index is 0.964. The van der Waals surface area contributed by atoms with Gasteiger partial charge in [0, 0.05) is 9.79 Å². The molecule has 0 saturated carbocycles. The molecular formula is C12H18S2. The first-order valence-electron chi connectivity index (χ1n) is 5.25. The van der Waals surface area contributed by atoms with Crippen LogP contribution < -0.4 is 0 Å². The molecule has 0 unspecified atom stereocenters. The molecule has 0 aliphatic rings. The Bertz CT molecular complexity index is 282. The lowest BCUT2D eigenvalue weighted by molar-refractivity contribution is 0.666. The molecule has 0 fully saturated rings. The van der Waals surface area contributed by atoms with Gasteiger partial charge in [0.1, 0.15) is 0 Å². The standard InChI is InChI=1S/C12H18S2/c1-2-3-4-5-6-10-7-8-11(13)12(14)9-10/h7-9,13-14H,2-6H2,1H3. The fraction of sp³-hybridized carbons (Fsp3) is 0.500. The fourth-order valence-electron chi connectivity index (χ4n) is 1.48. The molecule has 2 heteroatoms. The Morgan fingerprint density at radius 3 is 2.43 bits per heavy atom. The summed E-state index contributed by atoms with van der Waals surface area (Å²) in [4.78, 5) is 1.95. The molecule has 0 atom stereocenters. The van der Waals surface area contributed by atoms with E-state index in [1.54, 1.807) is 0 Å². The second-order valence-corrected chi connectivity index (χ2v) is 4.60. The largest absolute Gasteiger partial charge is 0.142 e. The maximum atomic E-state index is 4.35. The van der Waals surface area contributed by atoms with Gasteiger partial charge in [0.2, 0.25) is 0 Å². The molecule has 0 aliphatic carbocycles. The Hall–Kier alpha value is -0.0800. The van der Waals surface area contributed by atoms with Gasteiger partial charge in [-0.25, -0.2) is 0 Å². The highest BCUT2D eigenvalue weighted by molar-refractivity contribution is 7.83. The molecule has 0 bridgehead atoms. The summed E-state index contributed by atoms with van der Waals surface area (Å²) in [5.74, 6) is 0. The van der Waals surface area contributed by atoms with Crippen LogP contribution in [0.25, 0.3) is 0 Å². The quantitative estimate of drug-likeness (QED) is 0.540. The van der Waals surface area contributed by atoms with E-state index in [2.05, 4.69) is 44.3 Å². The third-order valence-corrected chi connectivity index (χ3v) is 3.30. The van der Waals surface area contributed by atoms with E-state index < -0.39 is 0 Å². The molecule has 1 aromatic carbocycles. The smallest absolute Gasteiger partial charge is 0.0176 e. The lowest BCUT2D eigenvalue weighted by Gasteiger charge is -2.03. The van der Waals surface area contributed by atoms with Gasteiger partial charge in [-0.3, -0.25) is 0 Å². The molecule has 0 radical (unpaired) electrons. The van der Waals surface area contributed by atoms with Crippen LogP contribution in [0.15, 0.2) is 28.0 Å². The Kier molecular flexibility index (Phi) is 5.49. The average Bonchev–Trinajstić information content (AvgIpc) is 2.18. The van der Waals surface area contributed by atoms with Crippen molar-refractivity contribution >= 4 is 25.3 Å². The Balaban J connectivity index is 2.39. The van der Waals surface area contributed by atoms with Gasteiger partial charge < -0.3 is 0 Å². The SMILES string of the molecule is CCCCCCc1ccc(S)c(S)c1. The van der Waals surface area contributed by atoms with Crippen LogP contribution in [0.3, 0.4) is 0 Å². The van der Waals surface area contributed by atoms with Crippen LogP contribution in [0.1, 0.15) is 38.2 Å². The summed E-state index contributed by atoms with van der Waals surface area (Å²) in [6, 6.07) is 6.30. The third kappa shape index (κ3) is 3.97. The zero-order chi connectivity index (χ0) is 10.4. The lowest BCUT2D eigenvalue weighted by atomic mass is 10.1. The predicted molar refractivity (Wildman–Crippen MR) is 68.8 cm³/mol. The van der Waals surface area contributed by atoms with E-state index in [-0.39, 0.29) is 0 Å². The zero-order valence-corrected chi connectivity index (χ0v) is 10.5. The van der Waals surface area contributed by atoms with Crippen molar-refractivity contribution in [2.24, 2.45) is 0 Å². The first kappa shape index (κ1) is 12.0. The van der Waals surface area contributed by atoms with E-state index in [1.165, 1.54) is 37.7 Å². The Morgan fingerprint density at radius 1 is 1.00 bits per heavy atom. The van der Waals surface area contributed by atoms with Crippen LogP contribution in [0.4, 0.5) is 0 Å². The maximum Gasteiger partial charge on any atom is 0.0176 e. The van der Waals surface area contributed by atoms with Crippen LogP contribution >= 0.6 is 25.3 Å². The molecule has 0 N–H and O–H groups in total. The number of aryl methyl sites for hydroxylation is 1. The number of hydrogen-bond donors (Lipinski definition) is 2. The lowest BCUT2D eigenvalue weighted by Crippen LogP contribution is -1.86. The van der Waals surface area contributed by atoms with Gasteiger partial charge in [-0.2, -0.15) is 0 Å². The highest BCUT2D eigenvalue weighted by Crippen LogP contribution is 2.20. The highest BCUT2D eigenvalue weighted by atomic mass is 32.1. The van der Waals surface area contributed by atoms with E-state index >= 15 is 0 Å². The monoisotopic (exact) mass is 226 g/mol. The summed E-state index contributed by atoms with van der Waals surface area (Å²) in [5, 5.41) is 0. The van der Waals surface area contributed by atoms with Gasteiger partial charge >= 0.3 is 0 Å². The number of hydrogen-bond acceptors (Lipinski definition) is 2. The summed E-state index contributed by atoms with van der Waals surface area (Å²) >= 11 is 8.65. The highest BCUT2D eigenvalue weighted by Gasteiger charge is 1.97. The zero-order valence-electron chi connectivity index (χ0n) is 8.66. The molecule has 0 saturated heterocycles. The van der Waals surface area contributed by atoms with Crippen molar-refractivity contribution in [3.05, 3.63) is 23.8 Å². The van der Waals surface area contributed by atoms with Crippen molar-refractivity contribution in [3.8, 4) is 0 Å². The second-order valence-electron chi connectivity index (χ2n) is 3.63. The normalized spacial score (nSPS) is 10.5. The van der Waals surface area contributed by atoms with Gasteiger partial charge in [-0.1, -0.05) is 32.3 Å². The van der Waals surface area contributed by atoms with Crippen molar-refractivity contribution in [1.82, 2.24) is 0 Å². The van der Waals surface area contributed by atoms with E-state index in [0.29, 0.717) is 0 Å². The number of thiol groups is 2. The van der Waals surface area contributed by atoms with Gasteiger partial charge in [0.05, 0.1) is 0 Å².